The first-order valence-corrected chi connectivity index (χ1v) is 7.41. The molecule has 0 aliphatic carbocycles. The Balaban J connectivity index is 1.80. The molecule has 0 bridgehead atoms. The van der Waals surface area contributed by atoms with Crippen LogP contribution in [0.15, 0.2) is 18.7 Å². The molecule has 1 fully saturated rings. The van der Waals surface area contributed by atoms with Gasteiger partial charge >= 0.3 is 5.97 Å². The second kappa shape index (κ2) is 6.39. The van der Waals surface area contributed by atoms with Gasteiger partial charge in [0.05, 0.1) is 11.7 Å². The van der Waals surface area contributed by atoms with E-state index in [1.54, 1.807) is 6.20 Å². The molecule has 0 spiro atoms. The van der Waals surface area contributed by atoms with Crippen LogP contribution in [0.2, 0.25) is 0 Å². The van der Waals surface area contributed by atoms with Crippen molar-refractivity contribution in [2.75, 3.05) is 19.6 Å². The van der Waals surface area contributed by atoms with Gasteiger partial charge in [-0.3, -0.25) is 4.79 Å². The van der Waals surface area contributed by atoms with E-state index in [1.165, 1.54) is 0 Å². The van der Waals surface area contributed by atoms with E-state index in [2.05, 4.69) is 14.5 Å². The average Bonchev–Trinajstić information content (AvgIpc) is 2.92. The summed E-state index contributed by atoms with van der Waals surface area (Å²) in [5, 5.41) is 9.35. The number of aromatic nitrogens is 2. The lowest BCUT2D eigenvalue weighted by Crippen LogP contribution is -2.45. The fraction of sp³-hybridized carbons (Fsp3) is 0.733. The summed E-state index contributed by atoms with van der Waals surface area (Å²) in [5.41, 5.74) is -0.622. The van der Waals surface area contributed by atoms with Crippen molar-refractivity contribution in [2.24, 2.45) is 11.3 Å². The first kappa shape index (κ1) is 15.0. The summed E-state index contributed by atoms with van der Waals surface area (Å²) in [4.78, 5) is 17.8. The van der Waals surface area contributed by atoms with Gasteiger partial charge in [-0.1, -0.05) is 0 Å². The summed E-state index contributed by atoms with van der Waals surface area (Å²) in [6.45, 7) is 7.72. The van der Waals surface area contributed by atoms with Crippen molar-refractivity contribution in [3.05, 3.63) is 18.7 Å². The molecule has 0 radical (unpaired) electrons. The normalized spacial score (nSPS) is 21.0. The highest BCUT2D eigenvalue weighted by molar-refractivity contribution is 5.74. The minimum Gasteiger partial charge on any atom is -0.481 e. The second-order valence-electron chi connectivity index (χ2n) is 6.32. The molecule has 1 aromatic rings. The van der Waals surface area contributed by atoms with Gasteiger partial charge in [0.2, 0.25) is 0 Å². The highest BCUT2D eigenvalue weighted by Crippen LogP contribution is 2.34. The van der Waals surface area contributed by atoms with Crippen LogP contribution in [0.1, 0.15) is 33.1 Å². The van der Waals surface area contributed by atoms with E-state index < -0.39 is 11.4 Å². The second-order valence-corrected chi connectivity index (χ2v) is 6.32. The lowest BCUT2D eigenvalue weighted by Gasteiger charge is -2.39. The Bertz CT molecular complexity index is 428. The number of aliphatic carboxylic acids is 1. The van der Waals surface area contributed by atoms with Gasteiger partial charge in [0, 0.05) is 25.5 Å². The number of carboxylic acid groups (broad SMARTS) is 1. The van der Waals surface area contributed by atoms with Crippen LogP contribution in [0, 0.1) is 11.3 Å². The summed E-state index contributed by atoms with van der Waals surface area (Å²) in [7, 11) is 0. The standard InChI is InChI=1S/C15H25N3O2/c1-15(2,14(19)20)13-5-3-7-17(11-13)8-4-9-18-10-6-16-12-18/h6,10,12-13H,3-5,7-9,11H2,1-2H3,(H,19,20). The van der Waals surface area contributed by atoms with E-state index in [9.17, 15) is 9.90 Å². The maximum atomic E-state index is 11.4. The van der Waals surface area contributed by atoms with E-state index in [-0.39, 0.29) is 5.92 Å². The summed E-state index contributed by atoms with van der Waals surface area (Å²) in [6, 6.07) is 0. The number of carboxylic acids is 1. The first-order chi connectivity index (χ1) is 9.50. The molecule has 5 nitrogen and oxygen atoms in total. The molecule has 1 unspecified atom stereocenters. The summed E-state index contributed by atoms with van der Waals surface area (Å²) >= 11 is 0. The molecular formula is C15H25N3O2. The van der Waals surface area contributed by atoms with Gasteiger partial charge < -0.3 is 14.6 Å². The SMILES string of the molecule is CC(C)(C(=O)O)C1CCCN(CCCn2ccnc2)C1. The van der Waals surface area contributed by atoms with Crippen LogP contribution in [-0.4, -0.2) is 45.2 Å². The van der Waals surface area contributed by atoms with Crippen LogP contribution >= 0.6 is 0 Å². The highest BCUT2D eigenvalue weighted by Gasteiger charge is 2.38. The topological polar surface area (TPSA) is 58.4 Å². The van der Waals surface area contributed by atoms with Gasteiger partial charge in [0.15, 0.2) is 0 Å². The van der Waals surface area contributed by atoms with E-state index in [1.807, 2.05) is 26.4 Å². The molecule has 112 valence electrons. The number of piperidine rings is 1. The molecular weight excluding hydrogens is 254 g/mol. The van der Waals surface area contributed by atoms with E-state index in [4.69, 9.17) is 0 Å². The first-order valence-electron chi connectivity index (χ1n) is 7.41. The zero-order valence-electron chi connectivity index (χ0n) is 12.5. The summed E-state index contributed by atoms with van der Waals surface area (Å²) in [5.74, 6) is -0.426. The number of likely N-dealkylation sites (tertiary alicyclic amines) is 1. The quantitative estimate of drug-likeness (QED) is 0.866. The van der Waals surface area contributed by atoms with Gasteiger partial charge in [0.25, 0.3) is 0 Å². The minimum atomic E-state index is -0.678. The van der Waals surface area contributed by atoms with Crippen LogP contribution in [-0.2, 0) is 11.3 Å². The molecule has 1 aliphatic heterocycles. The van der Waals surface area contributed by atoms with Gasteiger partial charge in [-0.05, 0) is 52.1 Å². The molecule has 1 aliphatic rings. The minimum absolute atomic E-state index is 0.252. The molecule has 5 heteroatoms. The highest BCUT2D eigenvalue weighted by atomic mass is 16.4. The van der Waals surface area contributed by atoms with Gasteiger partial charge in [-0.15, -0.1) is 0 Å². The molecule has 1 aromatic heterocycles. The predicted molar refractivity (Wildman–Crippen MR) is 77.4 cm³/mol. The molecule has 1 N–H and O–H groups in total. The van der Waals surface area contributed by atoms with Crippen LogP contribution in [0.4, 0.5) is 0 Å². The van der Waals surface area contributed by atoms with Gasteiger partial charge in [-0.25, -0.2) is 4.98 Å². The fourth-order valence-electron chi connectivity index (χ4n) is 2.92. The van der Waals surface area contributed by atoms with Crippen molar-refractivity contribution < 1.29 is 9.90 Å². The van der Waals surface area contributed by atoms with Crippen molar-refractivity contribution in [2.45, 2.75) is 39.7 Å². The molecule has 1 atom stereocenters. The number of imidazole rings is 1. The summed E-state index contributed by atoms with van der Waals surface area (Å²) in [6.07, 6.45) is 8.83. The third-order valence-electron chi connectivity index (χ3n) is 4.53. The smallest absolute Gasteiger partial charge is 0.309 e. The Morgan fingerprint density at radius 2 is 2.25 bits per heavy atom. The number of rotatable bonds is 6. The predicted octanol–water partition coefficient (Wildman–Crippen LogP) is 2.10. The number of aryl methyl sites for hydroxylation is 1. The lowest BCUT2D eigenvalue weighted by molar-refractivity contribution is -0.151. The Hall–Kier alpha value is -1.36. The van der Waals surface area contributed by atoms with Crippen LogP contribution in [0.5, 0.6) is 0 Å². The monoisotopic (exact) mass is 279 g/mol. The molecule has 2 rings (SSSR count). The maximum Gasteiger partial charge on any atom is 0.309 e. The van der Waals surface area contributed by atoms with Crippen LogP contribution in [0.3, 0.4) is 0 Å². The fourth-order valence-corrected chi connectivity index (χ4v) is 2.92. The van der Waals surface area contributed by atoms with Crippen molar-refractivity contribution in [3.8, 4) is 0 Å². The molecule has 20 heavy (non-hydrogen) atoms. The third kappa shape index (κ3) is 3.60. The van der Waals surface area contributed by atoms with Gasteiger partial charge in [0.1, 0.15) is 0 Å². The number of carbonyl (C=O) groups is 1. The van der Waals surface area contributed by atoms with E-state index in [0.717, 1.165) is 45.4 Å². The number of hydrogen-bond donors (Lipinski definition) is 1. The molecule has 0 amide bonds. The van der Waals surface area contributed by atoms with Gasteiger partial charge in [-0.2, -0.15) is 0 Å². The lowest BCUT2D eigenvalue weighted by atomic mass is 9.74. The Labute approximate surface area is 120 Å². The summed E-state index contributed by atoms with van der Waals surface area (Å²) < 4.78 is 2.09. The molecule has 1 saturated heterocycles. The largest absolute Gasteiger partial charge is 0.481 e. The van der Waals surface area contributed by atoms with E-state index in [0.29, 0.717) is 0 Å². The van der Waals surface area contributed by atoms with Crippen LogP contribution < -0.4 is 0 Å². The van der Waals surface area contributed by atoms with Crippen molar-refractivity contribution >= 4 is 5.97 Å². The number of hydrogen-bond acceptors (Lipinski definition) is 3. The third-order valence-corrected chi connectivity index (χ3v) is 4.53. The Kier molecular flexibility index (Phi) is 4.81. The Morgan fingerprint density at radius 3 is 2.90 bits per heavy atom. The molecule has 0 aromatic carbocycles. The average molecular weight is 279 g/mol. The van der Waals surface area contributed by atoms with Crippen molar-refractivity contribution in [1.29, 1.82) is 0 Å². The Morgan fingerprint density at radius 1 is 1.45 bits per heavy atom. The van der Waals surface area contributed by atoms with E-state index >= 15 is 0 Å². The number of nitrogens with zero attached hydrogens (tertiary/aromatic N) is 3. The molecule has 0 saturated carbocycles. The van der Waals surface area contributed by atoms with Crippen molar-refractivity contribution in [1.82, 2.24) is 14.5 Å². The van der Waals surface area contributed by atoms with Crippen molar-refractivity contribution in [3.63, 3.8) is 0 Å². The zero-order chi connectivity index (χ0) is 14.6. The van der Waals surface area contributed by atoms with Crippen LogP contribution in [0.25, 0.3) is 0 Å². The maximum absolute atomic E-state index is 11.4. The molecule has 2 heterocycles. The zero-order valence-corrected chi connectivity index (χ0v) is 12.5.